The van der Waals surface area contributed by atoms with Crippen LogP contribution in [0.4, 0.5) is 5.69 Å². The Kier molecular flexibility index (Phi) is 5.33. The summed E-state index contributed by atoms with van der Waals surface area (Å²) in [4.78, 5) is 38.0. The Labute approximate surface area is 182 Å². The molecule has 0 fully saturated rings. The van der Waals surface area contributed by atoms with Gasteiger partial charge in [0.1, 0.15) is 5.75 Å². The molecule has 0 heterocycles. The number of ketones is 2. The van der Waals surface area contributed by atoms with Crippen LogP contribution in [0.5, 0.6) is 5.75 Å². The Morgan fingerprint density at radius 2 is 1.50 bits per heavy atom. The van der Waals surface area contributed by atoms with Crippen LogP contribution in [0.3, 0.4) is 0 Å². The van der Waals surface area contributed by atoms with Crippen molar-refractivity contribution in [2.24, 2.45) is 0 Å². The van der Waals surface area contributed by atoms with E-state index in [0.29, 0.717) is 38.2 Å². The van der Waals surface area contributed by atoms with E-state index in [9.17, 15) is 14.4 Å². The first kappa shape index (κ1) is 20.1. The lowest BCUT2D eigenvalue weighted by atomic mass is 9.84. The maximum absolute atomic E-state index is 12.8. The van der Waals surface area contributed by atoms with E-state index in [1.165, 1.54) is 12.1 Å². The molecule has 0 saturated carbocycles. The van der Waals surface area contributed by atoms with Gasteiger partial charge in [0.2, 0.25) is 0 Å². The van der Waals surface area contributed by atoms with Crippen molar-refractivity contribution in [1.82, 2.24) is 0 Å². The monoisotopic (exact) mass is 439 g/mol. The summed E-state index contributed by atoms with van der Waals surface area (Å²) in [5, 5.41) is 3.45. The molecule has 0 spiro atoms. The third-order valence-corrected chi connectivity index (χ3v) is 5.29. The van der Waals surface area contributed by atoms with E-state index in [-0.39, 0.29) is 17.1 Å². The van der Waals surface area contributed by atoms with Gasteiger partial charge in [0.15, 0.2) is 17.7 Å². The van der Waals surface area contributed by atoms with Gasteiger partial charge in [-0.3, -0.25) is 14.4 Å². The molecule has 1 N–H and O–H groups in total. The molecule has 0 aromatic heterocycles. The number of hydrogen-bond donors (Lipinski definition) is 1. The minimum absolute atomic E-state index is 0.216. The normalized spacial score (nSPS) is 13.3. The number of fused-ring (bicyclic) bond motifs is 2. The second-order valence-electron chi connectivity index (χ2n) is 6.79. The summed E-state index contributed by atoms with van der Waals surface area (Å²) >= 11 is 11.9. The molecule has 1 amide bonds. The van der Waals surface area contributed by atoms with Crippen LogP contribution < -0.4 is 10.1 Å². The summed E-state index contributed by atoms with van der Waals surface area (Å²) in [6.07, 6.45) is -0.863. The number of ether oxygens (including phenoxy) is 1. The van der Waals surface area contributed by atoms with E-state index >= 15 is 0 Å². The molecule has 0 radical (unpaired) electrons. The lowest BCUT2D eigenvalue weighted by Crippen LogP contribution is -2.30. The fraction of sp³-hybridized carbons (Fsp3) is 0.0870. The molecule has 1 unspecified atom stereocenters. The molecular weight excluding hydrogens is 425 g/mol. The summed E-state index contributed by atoms with van der Waals surface area (Å²) in [5.41, 5.74) is 1.69. The van der Waals surface area contributed by atoms with Crippen molar-refractivity contribution in [3.63, 3.8) is 0 Å². The SMILES string of the molecule is CC(Oc1ccc(Cl)cc1Cl)C(=O)Nc1ccc2c(c1)C(=O)c1ccccc1C2=O. The minimum Gasteiger partial charge on any atom is -0.479 e. The van der Waals surface area contributed by atoms with Crippen molar-refractivity contribution < 1.29 is 19.1 Å². The Morgan fingerprint density at radius 1 is 0.867 bits per heavy atom. The average molecular weight is 440 g/mol. The predicted molar refractivity (Wildman–Crippen MR) is 115 cm³/mol. The second-order valence-corrected chi connectivity index (χ2v) is 7.63. The smallest absolute Gasteiger partial charge is 0.265 e. The summed E-state index contributed by atoms with van der Waals surface area (Å²) in [6, 6.07) is 16.0. The van der Waals surface area contributed by atoms with Crippen molar-refractivity contribution in [3.8, 4) is 5.75 Å². The van der Waals surface area contributed by atoms with E-state index < -0.39 is 12.0 Å². The van der Waals surface area contributed by atoms with Crippen molar-refractivity contribution in [1.29, 1.82) is 0 Å². The molecule has 0 aliphatic heterocycles. The molecule has 5 nitrogen and oxygen atoms in total. The highest BCUT2D eigenvalue weighted by Gasteiger charge is 2.29. The quantitative estimate of drug-likeness (QED) is 0.475. The van der Waals surface area contributed by atoms with Crippen LogP contribution >= 0.6 is 23.2 Å². The average Bonchev–Trinajstić information content (AvgIpc) is 2.74. The summed E-state index contributed by atoms with van der Waals surface area (Å²) < 4.78 is 5.61. The molecule has 150 valence electrons. The summed E-state index contributed by atoms with van der Waals surface area (Å²) in [7, 11) is 0. The zero-order chi connectivity index (χ0) is 21.4. The molecule has 30 heavy (non-hydrogen) atoms. The highest BCUT2D eigenvalue weighted by molar-refractivity contribution is 6.35. The third-order valence-electron chi connectivity index (χ3n) is 4.76. The van der Waals surface area contributed by atoms with E-state index in [4.69, 9.17) is 27.9 Å². The van der Waals surface area contributed by atoms with Crippen LogP contribution in [0.15, 0.2) is 60.7 Å². The van der Waals surface area contributed by atoms with Gasteiger partial charge in [-0.05, 0) is 43.3 Å². The molecule has 0 saturated heterocycles. The van der Waals surface area contributed by atoms with Crippen molar-refractivity contribution in [2.75, 3.05) is 5.32 Å². The highest BCUT2D eigenvalue weighted by Crippen LogP contribution is 2.30. The summed E-state index contributed by atoms with van der Waals surface area (Å²) in [6.45, 7) is 1.57. The van der Waals surface area contributed by atoms with E-state index in [1.54, 1.807) is 55.5 Å². The third kappa shape index (κ3) is 3.70. The van der Waals surface area contributed by atoms with E-state index in [1.807, 2.05) is 0 Å². The first-order chi connectivity index (χ1) is 14.3. The first-order valence-corrected chi connectivity index (χ1v) is 9.86. The van der Waals surface area contributed by atoms with Gasteiger partial charge in [0.25, 0.3) is 5.91 Å². The van der Waals surface area contributed by atoms with Crippen LogP contribution in [0, 0.1) is 0 Å². The molecular formula is C23H15Cl2NO4. The number of rotatable bonds is 4. The molecule has 1 aliphatic carbocycles. The molecule has 4 rings (SSSR count). The van der Waals surface area contributed by atoms with Gasteiger partial charge in [-0.15, -0.1) is 0 Å². The van der Waals surface area contributed by atoms with Gasteiger partial charge in [0, 0.05) is 33.0 Å². The largest absolute Gasteiger partial charge is 0.479 e. The van der Waals surface area contributed by atoms with E-state index in [0.717, 1.165) is 0 Å². The molecule has 7 heteroatoms. The number of carbonyl (C=O) groups excluding carboxylic acids is 3. The topological polar surface area (TPSA) is 72.5 Å². The number of amides is 1. The van der Waals surface area contributed by atoms with Gasteiger partial charge >= 0.3 is 0 Å². The lowest BCUT2D eigenvalue weighted by molar-refractivity contribution is -0.122. The molecule has 1 aliphatic rings. The van der Waals surface area contributed by atoms with Gasteiger partial charge in [-0.2, -0.15) is 0 Å². The van der Waals surface area contributed by atoms with Crippen molar-refractivity contribution in [2.45, 2.75) is 13.0 Å². The number of anilines is 1. The van der Waals surface area contributed by atoms with Crippen LogP contribution in [0.1, 0.15) is 38.8 Å². The Bertz CT molecular complexity index is 1210. The zero-order valence-electron chi connectivity index (χ0n) is 15.7. The van der Waals surface area contributed by atoms with Crippen LogP contribution in [-0.4, -0.2) is 23.6 Å². The maximum Gasteiger partial charge on any atom is 0.265 e. The fourth-order valence-electron chi connectivity index (χ4n) is 3.24. The number of carbonyl (C=O) groups is 3. The number of benzene rings is 3. The Balaban J connectivity index is 1.54. The standard InChI is InChI=1S/C23H15Cl2NO4/c1-12(30-20-9-6-13(24)10-19(20)25)23(29)26-14-7-8-17-18(11-14)22(28)16-5-3-2-4-15(16)21(17)27/h2-12H,1H3,(H,26,29). The van der Waals surface area contributed by atoms with Gasteiger partial charge in [-0.1, -0.05) is 47.5 Å². The predicted octanol–water partition coefficient (Wildman–Crippen LogP) is 5.17. The number of hydrogen-bond acceptors (Lipinski definition) is 4. The molecule has 3 aromatic carbocycles. The van der Waals surface area contributed by atoms with Gasteiger partial charge in [0.05, 0.1) is 5.02 Å². The van der Waals surface area contributed by atoms with E-state index in [2.05, 4.69) is 5.32 Å². The van der Waals surface area contributed by atoms with Crippen LogP contribution in [0.2, 0.25) is 10.0 Å². The Morgan fingerprint density at radius 3 is 2.17 bits per heavy atom. The lowest BCUT2D eigenvalue weighted by Gasteiger charge is -2.19. The Hall–Kier alpha value is -3.15. The second kappa shape index (κ2) is 7.94. The first-order valence-electron chi connectivity index (χ1n) is 9.10. The molecule has 0 bridgehead atoms. The number of nitrogens with one attached hydrogen (secondary N) is 1. The van der Waals surface area contributed by atoms with Gasteiger partial charge in [-0.25, -0.2) is 0 Å². The number of halogens is 2. The maximum atomic E-state index is 12.8. The van der Waals surface area contributed by atoms with Crippen LogP contribution in [-0.2, 0) is 4.79 Å². The minimum atomic E-state index is -0.863. The molecule has 1 atom stereocenters. The zero-order valence-corrected chi connectivity index (χ0v) is 17.3. The van der Waals surface area contributed by atoms with Gasteiger partial charge < -0.3 is 10.1 Å². The molecule has 3 aromatic rings. The van der Waals surface area contributed by atoms with Crippen molar-refractivity contribution in [3.05, 3.63) is 93.0 Å². The fourth-order valence-corrected chi connectivity index (χ4v) is 3.69. The van der Waals surface area contributed by atoms with Crippen molar-refractivity contribution >= 4 is 46.4 Å². The summed E-state index contributed by atoms with van der Waals surface area (Å²) in [5.74, 6) is -0.580. The van der Waals surface area contributed by atoms with Crippen LogP contribution in [0.25, 0.3) is 0 Å². The highest BCUT2D eigenvalue weighted by atomic mass is 35.5.